The predicted molar refractivity (Wildman–Crippen MR) is 116 cm³/mol. The Morgan fingerprint density at radius 1 is 1.29 bits per heavy atom. The number of nitrogens with one attached hydrogen (secondary N) is 1. The van der Waals surface area contributed by atoms with Gasteiger partial charge in [0.25, 0.3) is 0 Å². The van der Waals surface area contributed by atoms with E-state index in [4.69, 9.17) is 5.73 Å². The lowest BCUT2D eigenvalue weighted by Gasteiger charge is -2.40. The Labute approximate surface area is 169 Å². The molecule has 0 aromatic carbocycles. The van der Waals surface area contributed by atoms with Gasteiger partial charge >= 0.3 is 0 Å². The molecule has 3 N–H and O–H groups in total. The first-order chi connectivity index (χ1) is 13.5. The molecule has 1 fully saturated rings. The minimum Gasteiger partial charge on any atom is -0.383 e. The van der Waals surface area contributed by atoms with E-state index in [1.807, 2.05) is 12.1 Å². The first-order valence-corrected chi connectivity index (χ1v) is 10.2. The fourth-order valence-corrected chi connectivity index (χ4v) is 3.94. The van der Waals surface area contributed by atoms with Crippen LogP contribution in [0.4, 0.5) is 11.6 Å². The van der Waals surface area contributed by atoms with Crippen LogP contribution in [0.2, 0.25) is 0 Å². The number of ketones is 1. The maximum atomic E-state index is 12.9. The molecule has 0 bridgehead atoms. The summed E-state index contributed by atoms with van der Waals surface area (Å²) >= 11 is 0. The first kappa shape index (κ1) is 20.3. The van der Waals surface area contributed by atoms with E-state index in [1.54, 1.807) is 24.4 Å². The number of nitrogen functional groups attached to an aromatic ring is 1. The zero-order valence-corrected chi connectivity index (χ0v) is 17.1. The van der Waals surface area contributed by atoms with Gasteiger partial charge in [-0.15, -0.1) is 0 Å². The van der Waals surface area contributed by atoms with Gasteiger partial charge in [0.05, 0.1) is 5.56 Å². The summed E-state index contributed by atoms with van der Waals surface area (Å²) in [4.78, 5) is 23.9. The highest BCUT2D eigenvalue weighted by atomic mass is 16.1. The normalized spacial score (nSPS) is 19.8. The fraction of sp³-hybridized carbons (Fsp3) is 0.500. The zero-order valence-electron chi connectivity index (χ0n) is 17.1. The number of piperazine rings is 1. The molecule has 2 aromatic heterocycles. The van der Waals surface area contributed by atoms with Crippen molar-refractivity contribution in [2.45, 2.75) is 52.1 Å². The summed E-state index contributed by atoms with van der Waals surface area (Å²) in [7, 11) is 0. The van der Waals surface area contributed by atoms with Crippen LogP contribution in [0.25, 0.3) is 0 Å². The lowest BCUT2D eigenvalue weighted by Crippen LogP contribution is -2.57. The Balaban J connectivity index is 0.00000300. The van der Waals surface area contributed by atoms with Gasteiger partial charge in [-0.25, -0.2) is 9.97 Å². The Morgan fingerprint density at radius 2 is 2.07 bits per heavy atom. The molecule has 28 heavy (non-hydrogen) atoms. The van der Waals surface area contributed by atoms with Gasteiger partial charge in [-0.2, -0.15) is 0 Å². The van der Waals surface area contributed by atoms with Gasteiger partial charge in [0.2, 0.25) is 5.78 Å². The largest absolute Gasteiger partial charge is 0.383 e. The molecule has 2 atom stereocenters. The molecule has 6 nitrogen and oxygen atoms in total. The highest BCUT2D eigenvalue weighted by molar-refractivity contribution is 6.10. The molecule has 0 radical (unpaired) electrons. The van der Waals surface area contributed by atoms with Gasteiger partial charge in [0.1, 0.15) is 17.3 Å². The second-order valence-corrected chi connectivity index (χ2v) is 8.03. The van der Waals surface area contributed by atoms with Crippen molar-refractivity contribution >= 4 is 17.4 Å². The van der Waals surface area contributed by atoms with Crippen LogP contribution in [0, 0.1) is 5.92 Å². The number of hydrogen-bond donors (Lipinski definition) is 2. The van der Waals surface area contributed by atoms with Crippen LogP contribution in [0.3, 0.4) is 0 Å². The van der Waals surface area contributed by atoms with Gasteiger partial charge in [0.15, 0.2) is 0 Å². The average Bonchev–Trinajstić information content (AvgIpc) is 2.67. The smallest absolute Gasteiger partial charge is 0.215 e. The number of anilines is 2. The summed E-state index contributed by atoms with van der Waals surface area (Å²) in [5, 5.41) is 3.79. The van der Waals surface area contributed by atoms with Crippen LogP contribution in [-0.4, -0.2) is 40.9 Å². The Morgan fingerprint density at radius 3 is 2.79 bits per heavy atom. The van der Waals surface area contributed by atoms with E-state index in [1.165, 1.54) is 0 Å². The van der Waals surface area contributed by atoms with Gasteiger partial charge in [-0.1, -0.05) is 33.3 Å². The third kappa shape index (κ3) is 4.87. The quantitative estimate of drug-likeness (QED) is 0.712. The van der Waals surface area contributed by atoms with Gasteiger partial charge < -0.3 is 16.0 Å². The summed E-state index contributed by atoms with van der Waals surface area (Å²) in [6, 6.07) is 9.92. The highest BCUT2D eigenvalue weighted by Gasteiger charge is 2.27. The molecule has 6 heteroatoms. The van der Waals surface area contributed by atoms with Crippen LogP contribution >= 0.6 is 0 Å². The maximum absolute atomic E-state index is 12.9. The standard InChI is InChI=1S/C22H31N5O.H2/c1-4-7-16-13-27(14-17(25-16)12-15(2)3)20-10-5-9-19(26-20)21(28)18-8-6-11-24-22(18)23;/h5-6,8-11,15-17,25H,4,7,12-14H2,1-3H3,(H2,23,24);1H/t16-,17+;/m1./s1. The van der Waals surface area contributed by atoms with Crippen LogP contribution in [0.1, 0.15) is 57.5 Å². The summed E-state index contributed by atoms with van der Waals surface area (Å²) in [5.41, 5.74) is 6.68. The molecule has 1 aliphatic rings. The van der Waals surface area contributed by atoms with E-state index < -0.39 is 0 Å². The van der Waals surface area contributed by atoms with Crippen LogP contribution in [0.5, 0.6) is 0 Å². The molecular formula is C22H33N5O. The maximum Gasteiger partial charge on any atom is 0.215 e. The number of pyridine rings is 2. The van der Waals surface area contributed by atoms with Crippen LogP contribution < -0.4 is 16.0 Å². The summed E-state index contributed by atoms with van der Waals surface area (Å²) in [6.07, 6.45) is 4.99. The molecule has 2 aromatic rings. The predicted octanol–water partition coefficient (Wildman–Crippen LogP) is 3.53. The van der Waals surface area contributed by atoms with E-state index in [2.05, 4.69) is 41.0 Å². The lowest BCUT2D eigenvalue weighted by molar-refractivity contribution is 0.103. The van der Waals surface area contributed by atoms with E-state index in [0.29, 0.717) is 29.3 Å². The molecule has 0 amide bonds. The summed E-state index contributed by atoms with van der Waals surface area (Å²) in [6.45, 7) is 8.53. The minimum atomic E-state index is -0.188. The molecule has 0 aliphatic carbocycles. The SMILES string of the molecule is CCC[C@@H]1CN(c2cccc(C(=O)c3cccnc3N)n2)C[C@H](CC(C)C)N1.[HH]. The van der Waals surface area contributed by atoms with Crippen molar-refractivity contribution in [2.75, 3.05) is 23.7 Å². The number of carbonyl (C=O) groups is 1. The van der Waals surface area contributed by atoms with E-state index in [9.17, 15) is 4.79 Å². The Hall–Kier alpha value is -2.47. The van der Waals surface area contributed by atoms with Crippen molar-refractivity contribution in [3.63, 3.8) is 0 Å². The highest BCUT2D eigenvalue weighted by Crippen LogP contribution is 2.21. The number of hydrogen-bond acceptors (Lipinski definition) is 6. The van der Waals surface area contributed by atoms with Gasteiger partial charge in [-0.3, -0.25) is 4.79 Å². The van der Waals surface area contributed by atoms with Gasteiger partial charge in [-0.05, 0) is 43.0 Å². The molecule has 0 saturated carbocycles. The second kappa shape index (κ2) is 9.15. The number of nitrogens with zero attached hydrogens (tertiary/aromatic N) is 3. The second-order valence-electron chi connectivity index (χ2n) is 8.03. The molecule has 0 spiro atoms. The summed E-state index contributed by atoms with van der Waals surface area (Å²) < 4.78 is 0. The zero-order chi connectivity index (χ0) is 20.1. The van der Waals surface area contributed by atoms with Crippen molar-refractivity contribution in [3.8, 4) is 0 Å². The molecule has 3 rings (SSSR count). The Bertz CT molecular complexity index is 813. The first-order valence-electron chi connectivity index (χ1n) is 10.2. The summed E-state index contributed by atoms with van der Waals surface area (Å²) in [5.74, 6) is 1.53. The topological polar surface area (TPSA) is 84.1 Å². The van der Waals surface area contributed by atoms with Crippen LogP contribution in [0.15, 0.2) is 36.5 Å². The third-order valence-corrected chi connectivity index (χ3v) is 5.12. The fourth-order valence-electron chi connectivity index (χ4n) is 3.94. The lowest BCUT2D eigenvalue weighted by atomic mass is 9.98. The molecule has 3 heterocycles. The van der Waals surface area contributed by atoms with Crippen molar-refractivity contribution in [3.05, 3.63) is 47.8 Å². The Kier molecular flexibility index (Phi) is 6.62. The van der Waals surface area contributed by atoms with E-state index >= 15 is 0 Å². The molecule has 1 aliphatic heterocycles. The average molecular weight is 384 g/mol. The number of aromatic nitrogens is 2. The number of nitrogens with two attached hydrogens (primary N) is 1. The van der Waals surface area contributed by atoms with E-state index in [-0.39, 0.29) is 13.0 Å². The monoisotopic (exact) mass is 383 g/mol. The van der Waals surface area contributed by atoms with Crippen molar-refractivity contribution in [1.29, 1.82) is 0 Å². The third-order valence-electron chi connectivity index (χ3n) is 5.12. The van der Waals surface area contributed by atoms with Crippen molar-refractivity contribution in [1.82, 2.24) is 15.3 Å². The number of carbonyl (C=O) groups excluding carboxylic acids is 1. The minimum absolute atomic E-state index is 0. The molecular weight excluding hydrogens is 350 g/mol. The number of rotatable bonds is 7. The van der Waals surface area contributed by atoms with Crippen molar-refractivity contribution in [2.24, 2.45) is 5.92 Å². The molecule has 0 unspecified atom stereocenters. The molecule has 1 saturated heterocycles. The van der Waals surface area contributed by atoms with E-state index in [0.717, 1.165) is 38.2 Å². The van der Waals surface area contributed by atoms with Crippen LogP contribution in [-0.2, 0) is 0 Å². The van der Waals surface area contributed by atoms with Gasteiger partial charge in [0, 0.05) is 32.8 Å². The van der Waals surface area contributed by atoms with Crippen molar-refractivity contribution < 1.29 is 6.22 Å². The molecule has 152 valence electrons.